The standard InChI is InChI=1S/C16H25NO/c1-4-16(18,14-8-6-5-7-9-14)15-10-11-17(12-15)13(2)3/h5-9,13,15,18H,4,10-12H2,1-3H3/t15-,16-/m1/s1. The Bertz CT molecular complexity index is 376. The van der Waals surface area contributed by atoms with E-state index in [0.717, 1.165) is 31.5 Å². The largest absolute Gasteiger partial charge is 0.385 e. The zero-order chi connectivity index (χ0) is 13.2. The average Bonchev–Trinajstić information content (AvgIpc) is 2.89. The predicted octanol–water partition coefficient (Wildman–Crippen LogP) is 3.01. The van der Waals surface area contributed by atoms with Gasteiger partial charge in [-0.1, -0.05) is 37.3 Å². The Morgan fingerprint density at radius 3 is 2.50 bits per heavy atom. The van der Waals surface area contributed by atoms with Crippen molar-refractivity contribution in [2.24, 2.45) is 5.92 Å². The van der Waals surface area contributed by atoms with E-state index in [1.807, 2.05) is 18.2 Å². The Balaban J connectivity index is 2.19. The minimum atomic E-state index is -0.662. The molecule has 18 heavy (non-hydrogen) atoms. The van der Waals surface area contributed by atoms with Gasteiger partial charge in [0.15, 0.2) is 0 Å². The summed E-state index contributed by atoms with van der Waals surface area (Å²) in [7, 11) is 0. The summed E-state index contributed by atoms with van der Waals surface area (Å²) >= 11 is 0. The highest BCUT2D eigenvalue weighted by Crippen LogP contribution is 2.38. The van der Waals surface area contributed by atoms with E-state index in [-0.39, 0.29) is 0 Å². The van der Waals surface area contributed by atoms with Gasteiger partial charge in [-0.2, -0.15) is 0 Å². The molecule has 2 atom stereocenters. The van der Waals surface area contributed by atoms with Crippen LogP contribution in [0.25, 0.3) is 0 Å². The molecule has 0 amide bonds. The zero-order valence-corrected chi connectivity index (χ0v) is 11.8. The van der Waals surface area contributed by atoms with Crippen molar-refractivity contribution in [3.63, 3.8) is 0 Å². The van der Waals surface area contributed by atoms with Crippen LogP contribution in [0.2, 0.25) is 0 Å². The summed E-state index contributed by atoms with van der Waals surface area (Å²) in [4.78, 5) is 2.47. The maximum Gasteiger partial charge on any atom is 0.0934 e. The SMILES string of the molecule is CC[C@@](O)(c1ccccc1)[C@@H]1CCN(C(C)C)C1. The molecule has 2 nitrogen and oxygen atoms in total. The second kappa shape index (κ2) is 5.41. The Kier molecular flexibility index (Phi) is 4.08. The molecule has 0 saturated carbocycles. The average molecular weight is 247 g/mol. The Morgan fingerprint density at radius 2 is 2.00 bits per heavy atom. The predicted molar refractivity (Wildman–Crippen MR) is 75.4 cm³/mol. The number of nitrogens with zero attached hydrogens (tertiary/aromatic N) is 1. The molecular weight excluding hydrogens is 222 g/mol. The lowest BCUT2D eigenvalue weighted by atomic mass is 9.79. The van der Waals surface area contributed by atoms with Crippen LogP contribution in [-0.4, -0.2) is 29.1 Å². The first-order valence-electron chi connectivity index (χ1n) is 7.10. The van der Waals surface area contributed by atoms with Crippen LogP contribution in [0.15, 0.2) is 30.3 Å². The molecule has 1 aliphatic rings. The van der Waals surface area contributed by atoms with Gasteiger partial charge in [-0.25, -0.2) is 0 Å². The molecule has 2 rings (SSSR count). The summed E-state index contributed by atoms with van der Waals surface area (Å²) < 4.78 is 0. The van der Waals surface area contributed by atoms with Crippen LogP contribution in [0.5, 0.6) is 0 Å². The number of benzene rings is 1. The van der Waals surface area contributed by atoms with Gasteiger partial charge in [0.25, 0.3) is 0 Å². The van der Waals surface area contributed by atoms with E-state index in [9.17, 15) is 5.11 Å². The van der Waals surface area contributed by atoms with Crippen molar-refractivity contribution in [2.45, 2.75) is 45.3 Å². The number of hydrogen-bond acceptors (Lipinski definition) is 2. The molecule has 0 unspecified atom stereocenters. The van der Waals surface area contributed by atoms with Gasteiger partial charge in [-0.15, -0.1) is 0 Å². The molecular formula is C16H25NO. The smallest absolute Gasteiger partial charge is 0.0934 e. The van der Waals surface area contributed by atoms with E-state index in [1.165, 1.54) is 0 Å². The van der Waals surface area contributed by atoms with Gasteiger partial charge in [0.2, 0.25) is 0 Å². The first-order chi connectivity index (χ1) is 8.58. The molecule has 1 aromatic carbocycles. The number of rotatable bonds is 4. The lowest BCUT2D eigenvalue weighted by Crippen LogP contribution is -2.37. The minimum absolute atomic E-state index is 0.354. The van der Waals surface area contributed by atoms with Gasteiger partial charge in [-0.3, -0.25) is 0 Å². The maximum atomic E-state index is 11.1. The van der Waals surface area contributed by atoms with Gasteiger partial charge in [0.05, 0.1) is 5.60 Å². The molecule has 1 heterocycles. The molecule has 0 aromatic heterocycles. The van der Waals surface area contributed by atoms with Crippen LogP contribution in [0.1, 0.15) is 39.2 Å². The van der Waals surface area contributed by atoms with Gasteiger partial charge in [-0.05, 0) is 38.8 Å². The van der Waals surface area contributed by atoms with E-state index < -0.39 is 5.60 Å². The van der Waals surface area contributed by atoms with Crippen LogP contribution >= 0.6 is 0 Å². The van der Waals surface area contributed by atoms with Gasteiger partial charge in [0.1, 0.15) is 0 Å². The lowest BCUT2D eigenvalue weighted by Gasteiger charge is -2.34. The minimum Gasteiger partial charge on any atom is -0.385 e. The second-order valence-corrected chi connectivity index (χ2v) is 5.72. The number of likely N-dealkylation sites (tertiary alicyclic amines) is 1. The number of aliphatic hydroxyl groups is 1. The second-order valence-electron chi connectivity index (χ2n) is 5.72. The van der Waals surface area contributed by atoms with E-state index >= 15 is 0 Å². The van der Waals surface area contributed by atoms with E-state index in [1.54, 1.807) is 0 Å². The first-order valence-corrected chi connectivity index (χ1v) is 7.10. The summed E-state index contributed by atoms with van der Waals surface area (Å²) in [5.41, 5.74) is 0.411. The van der Waals surface area contributed by atoms with Gasteiger partial charge < -0.3 is 10.0 Å². The lowest BCUT2D eigenvalue weighted by molar-refractivity contribution is -0.0250. The van der Waals surface area contributed by atoms with Crippen LogP contribution in [0.4, 0.5) is 0 Å². The monoisotopic (exact) mass is 247 g/mol. The molecule has 1 fully saturated rings. The summed E-state index contributed by atoms with van der Waals surface area (Å²) in [6.45, 7) is 8.67. The van der Waals surface area contributed by atoms with Crippen molar-refractivity contribution >= 4 is 0 Å². The van der Waals surface area contributed by atoms with E-state index in [0.29, 0.717) is 12.0 Å². The van der Waals surface area contributed by atoms with Crippen LogP contribution in [0.3, 0.4) is 0 Å². The van der Waals surface area contributed by atoms with Crippen molar-refractivity contribution in [1.29, 1.82) is 0 Å². The third-order valence-electron chi connectivity index (χ3n) is 4.44. The summed E-state index contributed by atoms with van der Waals surface area (Å²) in [6, 6.07) is 10.7. The first kappa shape index (κ1) is 13.6. The third-order valence-corrected chi connectivity index (χ3v) is 4.44. The molecule has 0 spiro atoms. The fraction of sp³-hybridized carbons (Fsp3) is 0.625. The Labute approximate surface area is 111 Å². The molecule has 0 aliphatic carbocycles. The Morgan fingerprint density at radius 1 is 1.33 bits per heavy atom. The van der Waals surface area contributed by atoms with Crippen molar-refractivity contribution in [2.75, 3.05) is 13.1 Å². The molecule has 1 saturated heterocycles. The highest BCUT2D eigenvalue weighted by molar-refractivity contribution is 5.23. The van der Waals surface area contributed by atoms with Crippen LogP contribution in [-0.2, 0) is 5.60 Å². The molecule has 1 aromatic rings. The highest BCUT2D eigenvalue weighted by Gasteiger charge is 2.40. The van der Waals surface area contributed by atoms with Crippen molar-refractivity contribution in [3.05, 3.63) is 35.9 Å². The zero-order valence-electron chi connectivity index (χ0n) is 11.8. The van der Waals surface area contributed by atoms with E-state index in [4.69, 9.17) is 0 Å². The Hall–Kier alpha value is -0.860. The van der Waals surface area contributed by atoms with Crippen LogP contribution in [0, 0.1) is 5.92 Å². The van der Waals surface area contributed by atoms with Crippen LogP contribution < -0.4 is 0 Å². The quantitative estimate of drug-likeness (QED) is 0.884. The summed E-state index contributed by atoms with van der Waals surface area (Å²) in [6.07, 6.45) is 1.88. The van der Waals surface area contributed by atoms with Gasteiger partial charge in [0, 0.05) is 18.5 Å². The topological polar surface area (TPSA) is 23.5 Å². The summed E-state index contributed by atoms with van der Waals surface area (Å²) in [5, 5.41) is 11.1. The molecule has 100 valence electrons. The molecule has 2 heteroatoms. The van der Waals surface area contributed by atoms with E-state index in [2.05, 4.69) is 37.8 Å². The van der Waals surface area contributed by atoms with Crippen molar-refractivity contribution < 1.29 is 5.11 Å². The molecule has 1 N–H and O–H groups in total. The highest BCUT2D eigenvalue weighted by atomic mass is 16.3. The normalized spacial score (nSPS) is 24.4. The van der Waals surface area contributed by atoms with Crippen molar-refractivity contribution in [3.8, 4) is 0 Å². The van der Waals surface area contributed by atoms with Crippen molar-refractivity contribution in [1.82, 2.24) is 4.90 Å². The molecule has 0 bridgehead atoms. The fourth-order valence-corrected chi connectivity index (χ4v) is 3.10. The number of hydrogen-bond donors (Lipinski definition) is 1. The maximum absolute atomic E-state index is 11.1. The van der Waals surface area contributed by atoms with Gasteiger partial charge >= 0.3 is 0 Å². The fourth-order valence-electron chi connectivity index (χ4n) is 3.10. The molecule has 0 radical (unpaired) electrons. The summed E-state index contributed by atoms with van der Waals surface area (Å²) in [5.74, 6) is 0.354. The third kappa shape index (κ3) is 2.45. The molecule has 1 aliphatic heterocycles.